The average Bonchev–Trinajstić information content (AvgIpc) is 1.90. The Morgan fingerprint density at radius 1 is 1.20 bits per heavy atom. The molecule has 0 amide bonds. The van der Waals surface area contributed by atoms with Crippen molar-refractivity contribution in [2.24, 2.45) is 0 Å². The molecule has 1 aromatic carbocycles. The molecule has 0 saturated heterocycles. The summed E-state index contributed by atoms with van der Waals surface area (Å²) in [5.41, 5.74) is 0. The quantitative estimate of drug-likeness (QED) is 0.608. The highest BCUT2D eigenvalue weighted by Gasteiger charge is 1.90. The van der Waals surface area contributed by atoms with Crippen LogP contribution < -0.4 is 0 Å². The minimum atomic E-state index is -0.829. The third-order valence-corrected chi connectivity index (χ3v) is 2.01. The van der Waals surface area contributed by atoms with Crippen molar-refractivity contribution in [1.29, 1.82) is 0 Å². The van der Waals surface area contributed by atoms with E-state index in [0.717, 1.165) is 4.90 Å². The fourth-order valence-electron chi connectivity index (χ4n) is 0.612. The summed E-state index contributed by atoms with van der Waals surface area (Å²) >= 11 is 0. The van der Waals surface area contributed by atoms with Crippen molar-refractivity contribution in [3.8, 4) is 0 Å². The molecule has 0 saturated carbocycles. The molecule has 1 unspecified atom stereocenters. The number of hydrogen-bond donors (Lipinski definition) is 0. The predicted octanol–water partition coefficient (Wildman–Crippen LogP) is 2.06. The number of hydrogen-bond acceptors (Lipinski definition) is 1. The van der Waals surface area contributed by atoms with Crippen LogP contribution in [-0.4, -0.2) is 10.5 Å². The number of rotatable bonds is 1. The molecular formula is C8H12OS. The first kappa shape index (κ1) is 9.37. The third-order valence-electron chi connectivity index (χ3n) is 1.08. The summed E-state index contributed by atoms with van der Waals surface area (Å²) < 4.78 is 10.8. The van der Waals surface area contributed by atoms with Gasteiger partial charge in [-0.3, -0.25) is 4.21 Å². The van der Waals surface area contributed by atoms with Gasteiger partial charge in [-0.2, -0.15) is 0 Å². The molecule has 0 fully saturated rings. The molecule has 0 radical (unpaired) electrons. The van der Waals surface area contributed by atoms with Gasteiger partial charge >= 0.3 is 0 Å². The first-order valence-corrected chi connectivity index (χ1v) is 4.25. The zero-order valence-electron chi connectivity index (χ0n) is 5.20. The van der Waals surface area contributed by atoms with Gasteiger partial charge in [-0.05, 0) is 12.1 Å². The largest absolute Gasteiger partial charge is 0.255 e. The molecule has 0 aliphatic rings. The summed E-state index contributed by atoms with van der Waals surface area (Å²) in [6, 6.07) is 9.40. The molecule has 0 aromatic heterocycles. The van der Waals surface area contributed by atoms with Crippen LogP contribution in [0, 0.1) is 0 Å². The Balaban J connectivity index is 0.000000810. The Bertz CT molecular complexity index is 206. The molecule has 1 atom stereocenters. The van der Waals surface area contributed by atoms with E-state index in [1.807, 2.05) is 30.3 Å². The van der Waals surface area contributed by atoms with Gasteiger partial charge in [0, 0.05) is 22.0 Å². The monoisotopic (exact) mass is 156 g/mol. The third kappa shape index (κ3) is 2.31. The first-order valence-electron chi connectivity index (χ1n) is 2.69. The van der Waals surface area contributed by atoms with E-state index in [1.165, 1.54) is 0 Å². The van der Waals surface area contributed by atoms with Crippen molar-refractivity contribution in [1.82, 2.24) is 0 Å². The molecule has 56 valence electrons. The second-order valence-corrected chi connectivity index (χ2v) is 3.15. The van der Waals surface area contributed by atoms with Crippen LogP contribution in [-0.2, 0) is 10.8 Å². The second-order valence-electron chi connectivity index (χ2n) is 1.77. The van der Waals surface area contributed by atoms with E-state index in [0.29, 0.717) is 0 Å². The van der Waals surface area contributed by atoms with Gasteiger partial charge in [0.2, 0.25) is 0 Å². The van der Waals surface area contributed by atoms with E-state index in [4.69, 9.17) is 0 Å². The highest BCUT2D eigenvalue weighted by molar-refractivity contribution is 7.84. The molecule has 1 aromatic rings. The van der Waals surface area contributed by atoms with Gasteiger partial charge in [-0.15, -0.1) is 0 Å². The van der Waals surface area contributed by atoms with Crippen LogP contribution in [0.15, 0.2) is 35.2 Å². The normalized spacial score (nSPS) is 11.7. The summed E-state index contributed by atoms with van der Waals surface area (Å²) in [6.45, 7) is 0. The first-order chi connectivity index (χ1) is 4.30. The molecule has 0 aliphatic heterocycles. The minimum Gasteiger partial charge on any atom is -0.255 e. The van der Waals surface area contributed by atoms with Crippen LogP contribution in [0.4, 0.5) is 0 Å². The highest BCUT2D eigenvalue weighted by Crippen LogP contribution is 2.01. The summed E-state index contributed by atoms with van der Waals surface area (Å²) in [7, 11) is -0.829. The molecule has 0 bridgehead atoms. The lowest BCUT2D eigenvalue weighted by Crippen LogP contribution is -1.83. The maximum atomic E-state index is 10.8. The van der Waals surface area contributed by atoms with Gasteiger partial charge in [-0.25, -0.2) is 0 Å². The van der Waals surface area contributed by atoms with Crippen molar-refractivity contribution in [3.63, 3.8) is 0 Å². The second kappa shape index (κ2) is 4.23. The van der Waals surface area contributed by atoms with Crippen molar-refractivity contribution in [2.75, 3.05) is 6.26 Å². The van der Waals surface area contributed by atoms with E-state index in [-0.39, 0.29) is 7.43 Å². The van der Waals surface area contributed by atoms with Crippen LogP contribution >= 0.6 is 0 Å². The van der Waals surface area contributed by atoms with Gasteiger partial charge in [0.25, 0.3) is 0 Å². The van der Waals surface area contributed by atoms with Gasteiger partial charge in [0.15, 0.2) is 0 Å². The van der Waals surface area contributed by atoms with Crippen molar-refractivity contribution >= 4 is 10.8 Å². The lowest BCUT2D eigenvalue weighted by Gasteiger charge is -1.90. The smallest absolute Gasteiger partial charge is 0.0498 e. The van der Waals surface area contributed by atoms with Crippen molar-refractivity contribution < 1.29 is 4.21 Å². The SMILES string of the molecule is C.CS(=O)c1ccccc1. The Morgan fingerprint density at radius 3 is 2.00 bits per heavy atom. The topological polar surface area (TPSA) is 17.1 Å². The molecule has 0 N–H and O–H groups in total. The minimum absolute atomic E-state index is 0. The zero-order valence-corrected chi connectivity index (χ0v) is 6.02. The van der Waals surface area contributed by atoms with E-state index < -0.39 is 10.8 Å². The lowest BCUT2D eigenvalue weighted by molar-refractivity contribution is 0.687. The number of benzene rings is 1. The van der Waals surface area contributed by atoms with Crippen LogP contribution in [0.1, 0.15) is 7.43 Å². The standard InChI is InChI=1S/C7H8OS.CH4/c1-9(8)7-5-3-2-4-6-7;/h2-6H,1H3;1H4. The summed E-state index contributed by atoms with van der Waals surface area (Å²) in [5, 5.41) is 0. The fourth-order valence-corrected chi connectivity index (χ4v) is 1.15. The van der Waals surface area contributed by atoms with Crippen LogP contribution in [0.3, 0.4) is 0 Å². The maximum Gasteiger partial charge on any atom is 0.0498 e. The predicted molar refractivity (Wildman–Crippen MR) is 45.5 cm³/mol. The van der Waals surface area contributed by atoms with Gasteiger partial charge in [0.05, 0.1) is 0 Å². The van der Waals surface area contributed by atoms with E-state index in [9.17, 15) is 4.21 Å². The Hall–Kier alpha value is -0.630. The average molecular weight is 156 g/mol. The Labute approximate surface area is 64.5 Å². The molecule has 0 spiro atoms. The lowest BCUT2D eigenvalue weighted by atomic mass is 10.4. The van der Waals surface area contributed by atoms with Gasteiger partial charge < -0.3 is 0 Å². The molecule has 1 rings (SSSR count). The maximum absolute atomic E-state index is 10.8. The van der Waals surface area contributed by atoms with Crippen LogP contribution in [0.25, 0.3) is 0 Å². The summed E-state index contributed by atoms with van der Waals surface area (Å²) in [5.74, 6) is 0. The zero-order chi connectivity index (χ0) is 6.69. The highest BCUT2D eigenvalue weighted by atomic mass is 32.2. The Morgan fingerprint density at radius 2 is 1.70 bits per heavy atom. The summed E-state index contributed by atoms with van der Waals surface area (Å²) in [4.78, 5) is 0.887. The fraction of sp³-hybridized carbons (Fsp3) is 0.250. The molecule has 10 heavy (non-hydrogen) atoms. The Kier molecular flexibility index (Phi) is 3.96. The van der Waals surface area contributed by atoms with E-state index in [1.54, 1.807) is 6.26 Å². The van der Waals surface area contributed by atoms with Crippen LogP contribution in [0.5, 0.6) is 0 Å². The molecule has 1 nitrogen and oxygen atoms in total. The molecule has 0 aliphatic carbocycles. The van der Waals surface area contributed by atoms with E-state index >= 15 is 0 Å². The van der Waals surface area contributed by atoms with Crippen molar-refractivity contribution in [2.45, 2.75) is 12.3 Å². The summed E-state index contributed by atoms with van der Waals surface area (Å²) in [6.07, 6.45) is 1.68. The van der Waals surface area contributed by atoms with E-state index in [2.05, 4.69) is 0 Å². The molecular weight excluding hydrogens is 144 g/mol. The van der Waals surface area contributed by atoms with Crippen LogP contribution in [0.2, 0.25) is 0 Å². The van der Waals surface area contributed by atoms with Crippen molar-refractivity contribution in [3.05, 3.63) is 30.3 Å². The molecule has 2 heteroatoms. The van der Waals surface area contributed by atoms with Gasteiger partial charge in [0.1, 0.15) is 0 Å². The molecule has 0 heterocycles. The van der Waals surface area contributed by atoms with Gasteiger partial charge in [-0.1, -0.05) is 25.6 Å².